The van der Waals surface area contributed by atoms with Crippen molar-refractivity contribution in [1.82, 2.24) is 57.5 Å². The Balaban J connectivity index is 1.57. The van der Waals surface area contributed by atoms with Crippen LogP contribution in [0.25, 0.3) is 10.9 Å². The Kier molecular flexibility index (Phi) is 22.5. The van der Waals surface area contributed by atoms with Gasteiger partial charge in [-0.05, 0) is 69.1 Å². The molecule has 420 valence electrons. The number of imidazole rings is 1. The molecule has 1 aliphatic rings. The monoisotopic (exact) mass is 1080 g/mol. The molecule has 5 rings (SSSR count). The van der Waals surface area contributed by atoms with Crippen LogP contribution in [0.4, 0.5) is 0 Å². The number of guanidine groups is 2. The van der Waals surface area contributed by atoms with Gasteiger partial charge in [0.2, 0.25) is 53.2 Å². The molecule has 3 heterocycles. The third-order valence-corrected chi connectivity index (χ3v) is 12.8. The van der Waals surface area contributed by atoms with Gasteiger partial charge in [-0.25, -0.2) is 4.98 Å². The van der Waals surface area contributed by atoms with Crippen molar-refractivity contribution >= 4 is 76.0 Å². The van der Waals surface area contributed by atoms with Gasteiger partial charge in [0, 0.05) is 74.8 Å². The van der Waals surface area contributed by atoms with E-state index in [4.69, 9.17) is 28.7 Å². The van der Waals surface area contributed by atoms with E-state index in [2.05, 4.69) is 67.5 Å². The van der Waals surface area contributed by atoms with E-state index in [9.17, 15) is 38.4 Å². The molecule has 27 heteroatoms. The summed E-state index contributed by atoms with van der Waals surface area (Å²) in [6.45, 7) is 2.78. The zero-order valence-electron chi connectivity index (χ0n) is 43.7. The van der Waals surface area contributed by atoms with E-state index in [1.807, 2.05) is 24.3 Å². The fourth-order valence-electron chi connectivity index (χ4n) is 8.75. The molecule has 0 radical (unpaired) electrons. The first-order chi connectivity index (χ1) is 37.2. The predicted molar refractivity (Wildman–Crippen MR) is 289 cm³/mol. The average molecular weight is 1080 g/mol. The fourth-order valence-corrected chi connectivity index (χ4v) is 8.75. The van der Waals surface area contributed by atoms with Crippen molar-refractivity contribution in [2.45, 2.75) is 126 Å². The number of rotatable bonds is 18. The molecule has 2 aromatic carbocycles. The molecule has 0 aliphatic carbocycles. The topological polar surface area (TPSA) is 449 Å². The highest BCUT2D eigenvalue weighted by molar-refractivity contribution is 6.00. The standard InChI is InChI=1S/C51H72N18O9/c1-29(70)63-36(17-10-20-59-49(53)54)43(73)67-40-24-41(71)58-19-9-8-16-35(42(52)72)64-45(75)38(22-31-26-61-34-15-7-6-14-33(31)34)65-44(74)37(18-11-21-60-50(55)56)68-48(78)51(2,25-30-12-4-3-5-13-30)69-47(77)39(66-46(40)76)23-32-27-57-28-62-32/h3-7,12-15,26-28,35-40,61H,8-11,16-25H2,1-2H3,(H2,52,72)(H,57,62)(H,58,71)(H,63,70)(H,64,75)(H,65,74)(H,66,76)(H,67,73)(H,68,78)(H,69,77)(H4,53,54,59)(H4,55,56,60). The highest BCUT2D eigenvalue weighted by atomic mass is 16.2. The van der Waals surface area contributed by atoms with Crippen molar-refractivity contribution < 1.29 is 43.2 Å². The van der Waals surface area contributed by atoms with Crippen LogP contribution in [0.3, 0.4) is 0 Å². The lowest BCUT2D eigenvalue weighted by Gasteiger charge is -2.34. The Labute approximate surface area is 450 Å². The van der Waals surface area contributed by atoms with Gasteiger partial charge in [0.25, 0.3) is 0 Å². The highest BCUT2D eigenvalue weighted by Crippen LogP contribution is 2.21. The number of aromatic amines is 2. The first kappa shape index (κ1) is 59.8. The zero-order valence-corrected chi connectivity index (χ0v) is 43.7. The molecule has 0 bridgehead atoms. The molecule has 0 spiro atoms. The van der Waals surface area contributed by atoms with Gasteiger partial charge in [0.15, 0.2) is 11.9 Å². The van der Waals surface area contributed by atoms with Crippen molar-refractivity contribution in [2.75, 3.05) is 19.6 Å². The first-order valence-electron chi connectivity index (χ1n) is 25.6. The number of nitrogens with one attached hydrogen (secondary N) is 10. The number of carbonyl (C=O) groups excluding carboxylic acids is 9. The smallest absolute Gasteiger partial charge is 0.246 e. The van der Waals surface area contributed by atoms with Gasteiger partial charge in [-0.1, -0.05) is 48.5 Å². The number of hydrogen-bond acceptors (Lipinski definition) is 12. The number of nitrogens with two attached hydrogens (primary N) is 5. The Morgan fingerprint density at radius 3 is 2.12 bits per heavy atom. The summed E-state index contributed by atoms with van der Waals surface area (Å²) in [5.74, 6) is -7.71. The van der Waals surface area contributed by atoms with E-state index in [-0.39, 0.29) is 95.8 Å². The van der Waals surface area contributed by atoms with Gasteiger partial charge < -0.3 is 81.2 Å². The second kappa shape index (κ2) is 29.3. The molecule has 9 amide bonds. The van der Waals surface area contributed by atoms with Crippen LogP contribution in [0.2, 0.25) is 0 Å². The number of carbonyl (C=O) groups is 9. The number of primary amides is 1. The lowest BCUT2D eigenvalue weighted by molar-refractivity contribution is -0.138. The summed E-state index contributed by atoms with van der Waals surface area (Å²) in [6.07, 6.45) is 4.15. The average Bonchev–Trinajstić information content (AvgIpc) is 4.07. The van der Waals surface area contributed by atoms with E-state index in [1.165, 1.54) is 26.4 Å². The fraction of sp³-hybridized carbons (Fsp3) is 0.451. The van der Waals surface area contributed by atoms with Crippen LogP contribution in [0, 0.1) is 0 Å². The van der Waals surface area contributed by atoms with Crippen molar-refractivity contribution in [1.29, 1.82) is 0 Å². The molecule has 1 aliphatic heterocycles. The molecular formula is C51H72N18O9. The van der Waals surface area contributed by atoms with Crippen LogP contribution in [-0.2, 0) is 62.4 Å². The van der Waals surface area contributed by atoms with Gasteiger partial charge in [0.05, 0.1) is 12.7 Å². The van der Waals surface area contributed by atoms with Gasteiger partial charge in [-0.3, -0.25) is 53.1 Å². The maximum Gasteiger partial charge on any atom is 0.246 e. The molecule has 1 fully saturated rings. The molecule has 4 aromatic rings. The van der Waals surface area contributed by atoms with E-state index in [1.54, 1.807) is 36.5 Å². The number of para-hydroxylation sites is 1. The van der Waals surface area contributed by atoms with Crippen LogP contribution >= 0.6 is 0 Å². The number of fused-ring (bicyclic) bond motifs is 1. The highest BCUT2D eigenvalue weighted by Gasteiger charge is 2.41. The molecule has 0 saturated carbocycles. The SMILES string of the molecule is CC(=O)NC(CCCN=C(N)N)C(=O)NC1CC(=O)NCCCCC(C(N)=O)NC(=O)C(Cc2c[nH]c3ccccc23)NC(=O)C(CCCN=C(N)N)NC(=O)C(C)(Cc2ccccc2)NC(=O)C(Cc2cnc[nH]2)NC1=O. The van der Waals surface area contributed by atoms with E-state index in [0.29, 0.717) is 16.8 Å². The third kappa shape index (κ3) is 19.0. The van der Waals surface area contributed by atoms with Gasteiger partial charge in [0.1, 0.15) is 41.8 Å². The summed E-state index contributed by atoms with van der Waals surface area (Å²) in [5.41, 5.74) is 28.4. The number of benzene rings is 2. The Bertz CT molecular complexity index is 2780. The maximum absolute atomic E-state index is 15.0. The van der Waals surface area contributed by atoms with E-state index >= 15 is 4.79 Å². The van der Waals surface area contributed by atoms with Crippen molar-refractivity contribution in [2.24, 2.45) is 38.7 Å². The van der Waals surface area contributed by atoms with Crippen LogP contribution < -0.4 is 71.2 Å². The number of H-pyrrole nitrogens is 2. The zero-order chi connectivity index (χ0) is 56.8. The molecule has 20 N–H and O–H groups in total. The van der Waals surface area contributed by atoms with Crippen molar-refractivity contribution in [3.8, 4) is 0 Å². The summed E-state index contributed by atoms with van der Waals surface area (Å²) in [4.78, 5) is 144. The van der Waals surface area contributed by atoms with Crippen LogP contribution in [0.5, 0.6) is 0 Å². The third-order valence-electron chi connectivity index (χ3n) is 12.8. The number of aliphatic imine (C=N–C) groups is 2. The summed E-state index contributed by atoms with van der Waals surface area (Å²) in [5, 5.41) is 22.3. The molecule has 2 aromatic heterocycles. The van der Waals surface area contributed by atoms with Crippen molar-refractivity contribution in [3.05, 3.63) is 90.1 Å². The van der Waals surface area contributed by atoms with Gasteiger partial charge >= 0.3 is 0 Å². The molecule has 27 nitrogen and oxygen atoms in total. The summed E-state index contributed by atoms with van der Waals surface area (Å²) in [6, 6.07) is 7.61. The summed E-state index contributed by atoms with van der Waals surface area (Å²) >= 11 is 0. The maximum atomic E-state index is 15.0. The second-order valence-corrected chi connectivity index (χ2v) is 19.2. The minimum atomic E-state index is -1.91. The Hall–Kier alpha value is -9.04. The lowest BCUT2D eigenvalue weighted by atomic mass is 9.90. The summed E-state index contributed by atoms with van der Waals surface area (Å²) < 4.78 is 0. The van der Waals surface area contributed by atoms with Crippen molar-refractivity contribution in [3.63, 3.8) is 0 Å². The lowest BCUT2D eigenvalue weighted by Crippen LogP contribution is -2.65. The van der Waals surface area contributed by atoms with Crippen LogP contribution in [0.1, 0.15) is 82.0 Å². The minimum Gasteiger partial charge on any atom is -0.370 e. The van der Waals surface area contributed by atoms with E-state index in [0.717, 1.165) is 10.9 Å². The predicted octanol–water partition coefficient (Wildman–Crippen LogP) is -2.99. The Morgan fingerprint density at radius 1 is 0.769 bits per heavy atom. The Morgan fingerprint density at radius 2 is 1.44 bits per heavy atom. The largest absolute Gasteiger partial charge is 0.370 e. The van der Waals surface area contributed by atoms with E-state index < -0.39 is 101 Å². The van der Waals surface area contributed by atoms with Crippen LogP contribution in [-0.4, -0.2) is 141 Å². The van der Waals surface area contributed by atoms with Gasteiger partial charge in [-0.15, -0.1) is 0 Å². The first-order valence-corrected chi connectivity index (χ1v) is 25.6. The second-order valence-electron chi connectivity index (χ2n) is 19.2. The van der Waals surface area contributed by atoms with Crippen LogP contribution in [0.15, 0.2) is 83.3 Å². The normalized spacial score (nSPS) is 21.7. The number of amides is 9. The number of nitrogens with zero attached hydrogens (tertiary/aromatic N) is 3. The minimum absolute atomic E-state index is 0.00948. The number of aromatic nitrogens is 3. The number of hydrogen-bond donors (Lipinski definition) is 15. The molecule has 7 atom stereocenters. The quantitative estimate of drug-likeness (QED) is 0.0269. The summed E-state index contributed by atoms with van der Waals surface area (Å²) in [7, 11) is 0. The molecule has 78 heavy (non-hydrogen) atoms. The molecule has 7 unspecified atom stereocenters. The molecule has 1 saturated heterocycles. The van der Waals surface area contributed by atoms with Gasteiger partial charge in [-0.2, -0.15) is 0 Å². The molecular weight excluding hydrogens is 1010 g/mol.